The molecule has 6 rings (SSSR count). The smallest absolute Gasteiger partial charge is 0.411 e. The van der Waals surface area contributed by atoms with Crippen molar-refractivity contribution in [3.8, 4) is 22.5 Å². The minimum absolute atomic E-state index is 0.0973. The molecule has 54 heavy (non-hydrogen) atoms. The van der Waals surface area contributed by atoms with E-state index in [-0.39, 0.29) is 42.4 Å². The van der Waals surface area contributed by atoms with Gasteiger partial charge in [0.2, 0.25) is 0 Å². The van der Waals surface area contributed by atoms with Gasteiger partial charge in [0.05, 0.1) is 23.3 Å². The Morgan fingerprint density at radius 1 is 1.09 bits per heavy atom. The highest BCUT2D eigenvalue weighted by atomic mass is 35.5. The highest BCUT2D eigenvalue weighted by molar-refractivity contribution is 6.33. The van der Waals surface area contributed by atoms with Gasteiger partial charge in [0, 0.05) is 29.4 Å². The normalized spacial score (nSPS) is 16.3. The maximum absolute atomic E-state index is 14.5. The second kappa shape index (κ2) is 15.0. The second-order valence-electron chi connectivity index (χ2n) is 14.6. The van der Waals surface area contributed by atoms with Crippen LogP contribution in [-0.2, 0) is 4.74 Å². The second-order valence-corrected chi connectivity index (χ2v) is 15.0. The van der Waals surface area contributed by atoms with Crippen LogP contribution in [0.25, 0.3) is 22.5 Å². The number of hydrogen-bond acceptors (Lipinski definition) is 7. The number of nitrogens with two attached hydrogens (primary N) is 1. The maximum atomic E-state index is 14.5. The monoisotopic (exact) mass is 775 g/mol. The molecule has 1 atom stereocenters. The number of guanidine groups is 1. The first kappa shape index (κ1) is 38.7. The van der Waals surface area contributed by atoms with Crippen molar-refractivity contribution in [2.24, 2.45) is 16.1 Å². The van der Waals surface area contributed by atoms with Gasteiger partial charge in [-0.25, -0.2) is 19.1 Å². The van der Waals surface area contributed by atoms with Crippen LogP contribution in [0, 0.1) is 5.41 Å². The van der Waals surface area contributed by atoms with Gasteiger partial charge in [-0.1, -0.05) is 50.6 Å². The van der Waals surface area contributed by atoms with Crippen molar-refractivity contribution in [3.63, 3.8) is 0 Å². The lowest BCUT2D eigenvalue weighted by Crippen LogP contribution is -2.49. The van der Waals surface area contributed by atoms with Crippen molar-refractivity contribution in [1.29, 1.82) is 0 Å². The van der Waals surface area contributed by atoms with Crippen molar-refractivity contribution in [1.82, 2.24) is 34.8 Å². The van der Waals surface area contributed by atoms with Gasteiger partial charge < -0.3 is 15.8 Å². The number of nitrogens with one attached hydrogen (secondary N) is 1. The molecule has 3 N–H and O–H groups in total. The average Bonchev–Trinajstić information content (AvgIpc) is 4.00. The zero-order valence-corrected chi connectivity index (χ0v) is 30.4. The predicted molar refractivity (Wildman–Crippen MR) is 190 cm³/mol. The largest absolute Gasteiger partial charge is 0.447 e. The number of carbonyl (C=O) groups is 2. The van der Waals surface area contributed by atoms with E-state index in [2.05, 4.69) is 20.2 Å². The Hall–Kier alpha value is -5.06. The molecule has 2 aliphatic rings. The number of rotatable bonds is 12. The van der Waals surface area contributed by atoms with E-state index in [1.807, 2.05) is 26.1 Å². The van der Waals surface area contributed by atoms with Gasteiger partial charge in [-0.2, -0.15) is 32.1 Å². The summed E-state index contributed by atoms with van der Waals surface area (Å²) in [6.45, 7) is 2.76. The molecule has 0 radical (unpaired) electrons. The minimum atomic E-state index is -4.69. The topological polar surface area (TPSA) is 146 Å². The summed E-state index contributed by atoms with van der Waals surface area (Å²) >= 11 is 6.68. The summed E-state index contributed by atoms with van der Waals surface area (Å²) in [6, 6.07) is 9.69. The van der Waals surface area contributed by atoms with Crippen LogP contribution in [0.3, 0.4) is 0 Å². The summed E-state index contributed by atoms with van der Waals surface area (Å²) in [5.74, 6) is -0.479. The Labute approximate surface area is 312 Å². The van der Waals surface area contributed by atoms with Crippen LogP contribution < -0.4 is 11.1 Å². The summed E-state index contributed by atoms with van der Waals surface area (Å²) in [7, 11) is 0. The van der Waals surface area contributed by atoms with Crippen LogP contribution in [0.15, 0.2) is 66.2 Å². The average molecular weight is 776 g/mol. The molecule has 12 nitrogen and oxygen atoms in total. The summed E-state index contributed by atoms with van der Waals surface area (Å²) in [5, 5.41) is 10.3. The van der Waals surface area contributed by atoms with Crippen molar-refractivity contribution in [3.05, 3.63) is 77.3 Å². The molecule has 18 heteroatoms. The molecule has 0 spiro atoms. The third kappa shape index (κ3) is 8.66. The minimum Gasteiger partial charge on any atom is -0.447 e. The van der Waals surface area contributed by atoms with Gasteiger partial charge in [0.25, 0.3) is 5.91 Å². The van der Waals surface area contributed by atoms with Gasteiger partial charge in [-0.15, -0.1) is 0 Å². The SMILES string of the molecule is CC(C)(C)CCN=C(N)N(C(=O)c1ccc(-c2cnn(C(F)F)c2)cc1)[C@H](COC(=O)NC1(C(F)(F)F)CC1)c1ccc(Cl)c(-c2ncnn2C2CC2)c1. The van der Waals surface area contributed by atoms with E-state index in [1.54, 1.807) is 35.0 Å². The summed E-state index contributed by atoms with van der Waals surface area (Å²) < 4.78 is 75.2. The number of nitrogens with zero attached hydrogens (tertiary/aromatic N) is 7. The Kier molecular flexibility index (Phi) is 10.7. The lowest BCUT2D eigenvalue weighted by Gasteiger charge is -2.32. The molecule has 2 amide bonds. The standard InChI is InChI=1S/C36H39ClF5N9O3/c1-34(2,3)14-15-44-32(43)50(30(52)22-6-4-21(5-7-22)24-17-46-49(18-24)31(38)39)28(19-54-33(53)48-35(12-13-35)36(40,41)42)23-8-11-27(37)26(16-23)29-45-20-47-51(29)25-9-10-25/h4-8,11,16-18,20,25,28,31H,9-10,12-15,19H2,1-3H3,(H2,43,44)(H,48,53)/t28-/m1/s1. The highest BCUT2D eigenvalue weighted by Gasteiger charge is 2.64. The molecule has 2 aromatic carbocycles. The van der Waals surface area contributed by atoms with Gasteiger partial charge in [-0.3, -0.25) is 14.7 Å². The van der Waals surface area contributed by atoms with Gasteiger partial charge in [0.15, 0.2) is 11.8 Å². The van der Waals surface area contributed by atoms with Crippen LogP contribution in [0.2, 0.25) is 5.02 Å². The van der Waals surface area contributed by atoms with Gasteiger partial charge in [-0.05, 0) is 72.9 Å². The van der Waals surface area contributed by atoms with Crippen molar-refractivity contribution < 1.29 is 36.3 Å². The number of ether oxygens (including phenoxy) is 1. The number of aromatic nitrogens is 5. The molecule has 2 aliphatic carbocycles. The van der Waals surface area contributed by atoms with Crippen molar-refractivity contribution in [2.45, 2.75) is 83.2 Å². The van der Waals surface area contributed by atoms with E-state index < -0.39 is 42.9 Å². The van der Waals surface area contributed by atoms with Crippen molar-refractivity contribution in [2.75, 3.05) is 13.2 Å². The quantitative estimate of drug-likeness (QED) is 0.0844. The maximum Gasteiger partial charge on any atom is 0.411 e. The Balaban J connectivity index is 1.39. The number of hydrogen-bond donors (Lipinski definition) is 2. The first-order valence-electron chi connectivity index (χ1n) is 17.2. The van der Waals surface area contributed by atoms with E-state index in [1.165, 1.54) is 30.9 Å². The third-order valence-corrected chi connectivity index (χ3v) is 9.60. The molecule has 2 heterocycles. The first-order valence-corrected chi connectivity index (χ1v) is 17.6. The molecule has 2 aromatic heterocycles. The summed E-state index contributed by atoms with van der Waals surface area (Å²) in [4.78, 5) is 37.5. The van der Waals surface area contributed by atoms with Crippen LogP contribution in [0.1, 0.15) is 87.4 Å². The fraction of sp³-hybridized carbons (Fsp3) is 0.444. The first-order chi connectivity index (χ1) is 25.5. The molecule has 0 unspecified atom stereocenters. The molecule has 4 aromatic rings. The number of halogens is 6. The van der Waals surface area contributed by atoms with E-state index in [9.17, 15) is 31.5 Å². The lowest BCUT2D eigenvalue weighted by atomic mass is 9.92. The number of alkyl halides is 5. The van der Waals surface area contributed by atoms with Gasteiger partial charge in [0.1, 0.15) is 18.5 Å². The third-order valence-electron chi connectivity index (χ3n) is 9.27. The van der Waals surface area contributed by atoms with E-state index in [0.717, 1.165) is 17.7 Å². The van der Waals surface area contributed by atoms with E-state index >= 15 is 0 Å². The van der Waals surface area contributed by atoms with Crippen LogP contribution >= 0.6 is 11.6 Å². The number of alkyl carbamates (subject to hydrolysis) is 1. The molecule has 0 bridgehead atoms. The molecule has 0 saturated heterocycles. The Bertz CT molecular complexity index is 2020. The van der Waals surface area contributed by atoms with Crippen molar-refractivity contribution >= 4 is 29.6 Å². The molecule has 2 saturated carbocycles. The number of carbonyl (C=O) groups excluding carboxylic acids is 2. The molecular weight excluding hydrogens is 737 g/mol. The Morgan fingerprint density at radius 3 is 2.39 bits per heavy atom. The number of benzene rings is 2. The fourth-order valence-electron chi connectivity index (χ4n) is 5.79. The van der Waals surface area contributed by atoms with Crippen LogP contribution in [-0.4, -0.2) is 72.3 Å². The van der Waals surface area contributed by atoms with Gasteiger partial charge >= 0.3 is 18.8 Å². The Morgan fingerprint density at radius 2 is 1.80 bits per heavy atom. The summed E-state index contributed by atoms with van der Waals surface area (Å²) in [5.41, 5.74) is 5.84. The van der Waals surface area contributed by atoms with Crippen LogP contribution in [0.5, 0.6) is 0 Å². The zero-order valence-electron chi connectivity index (χ0n) is 29.7. The van der Waals surface area contributed by atoms with E-state index in [0.29, 0.717) is 44.2 Å². The molecule has 2 fully saturated rings. The lowest BCUT2D eigenvalue weighted by molar-refractivity contribution is -0.164. The number of aliphatic imine (C=N–C) groups is 1. The van der Waals surface area contributed by atoms with E-state index in [4.69, 9.17) is 22.1 Å². The molecule has 0 aliphatic heterocycles. The zero-order chi connectivity index (χ0) is 39.0. The fourth-order valence-corrected chi connectivity index (χ4v) is 5.99. The summed E-state index contributed by atoms with van der Waals surface area (Å²) in [6.07, 6.45) is -0.408. The van der Waals surface area contributed by atoms with Crippen LogP contribution in [0.4, 0.5) is 26.7 Å². The predicted octanol–water partition coefficient (Wildman–Crippen LogP) is 7.95. The highest BCUT2D eigenvalue weighted by Crippen LogP contribution is 2.49. The number of amides is 2. The molecular formula is C36H39ClF5N9O3. The molecule has 288 valence electrons.